The maximum atomic E-state index is 12.1. The Hall–Kier alpha value is -2.18. The van der Waals surface area contributed by atoms with E-state index in [2.05, 4.69) is 0 Å². The topological polar surface area (TPSA) is 90.0 Å². The molecule has 0 aromatic heterocycles. The molecule has 1 fully saturated rings. The van der Waals surface area contributed by atoms with E-state index in [-0.39, 0.29) is 37.5 Å². The van der Waals surface area contributed by atoms with E-state index in [1.54, 1.807) is 27.7 Å². The fraction of sp³-hybridized carbons (Fsp3) is 0.647. The Morgan fingerprint density at radius 3 is 2.42 bits per heavy atom. The molecule has 0 aromatic carbocycles. The lowest BCUT2D eigenvalue weighted by Crippen LogP contribution is -2.45. The molecule has 134 valence electrons. The van der Waals surface area contributed by atoms with Gasteiger partial charge in [-0.3, -0.25) is 9.59 Å². The van der Waals surface area contributed by atoms with Crippen molar-refractivity contribution >= 4 is 23.6 Å². The molecule has 1 atom stereocenters. The molecule has 0 bridgehead atoms. The Kier molecular flexibility index (Phi) is 6.69. The molecule has 1 amide bonds. The number of ether oxygens (including phenoxy) is 2. The van der Waals surface area contributed by atoms with Crippen LogP contribution in [-0.2, 0) is 23.9 Å². The summed E-state index contributed by atoms with van der Waals surface area (Å²) in [7, 11) is 0. The van der Waals surface area contributed by atoms with Crippen LogP contribution in [-0.4, -0.2) is 53.8 Å². The number of nitrogens with zero attached hydrogens (tertiary/aromatic N) is 1. The van der Waals surface area contributed by atoms with Crippen molar-refractivity contribution in [3.05, 3.63) is 11.6 Å². The van der Waals surface area contributed by atoms with Crippen LogP contribution in [0.15, 0.2) is 11.6 Å². The van der Waals surface area contributed by atoms with Crippen molar-refractivity contribution in [3.8, 4) is 0 Å². The zero-order valence-corrected chi connectivity index (χ0v) is 14.9. The highest BCUT2D eigenvalue weighted by Crippen LogP contribution is 2.20. The summed E-state index contributed by atoms with van der Waals surface area (Å²) in [4.78, 5) is 49.1. The lowest BCUT2D eigenvalue weighted by molar-refractivity contribution is -0.139. The fourth-order valence-electron chi connectivity index (χ4n) is 2.24. The van der Waals surface area contributed by atoms with Gasteiger partial charge in [0.2, 0.25) is 0 Å². The number of carbonyl (C=O) groups is 4. The van der Waals surface area contributed by atoms with Crippen molar-refractivity contribution in [2.24, 2.45) is 5.92 Å². The Balaban J connectivity index is 2.94. The maximum Gasteiger partial charge on any atom is 0.410 e. The summed E-state index contributed by atoms with van der Waals surface area (Å²) < 4.78 is 10.1. The summed E-state index contributed by atoms with van der Waals surface area (Å²) in [6.07, 6.45) is 0.932. The third kappa shape index (κ3) is 5.79. The first-order chi connectivity index (χ1) is 11.0. The summed E-state index contributed by atoms with van der Waals surface area (Å²) in [5.74, 6) is -2.09. The van der Waals surface area contributed by atoms with Crippen molar-refractivity contribution in [1.82, 2.24) is 4.90 Å². The van der Waals surface area contributed by atoms with E-state index < -0.39 is 29.4 Å². The fourth-order valence-corrected chi connectivity index (χ4v) is 2.24. The minimum atomic E-state index is -0.757. The van der Waals surface area contributed by atoms with E-state index in [9.17, 15) is 19.2 Å². The number of esters is 1. The van der Waals surface area contributed by atoms with Crippen LogP contribution in [0.2, 0.25) is 0 Å². The highest BCUT2D eigenvalue weighted by molar-refractivity contribution is 6.16. The van der Waals surface area contributed by atoms with Crippen LogP contribution in [0.25, 0.3) is 0 Å². The standard InChI is InChI=1S/C17H25NO6/c1-6-23-15(21)13(11(2)19)9-12-10-18(8-7-14(12)20)16(22)24-17(3,4)5/h9,12H,6-8,10H2,1-5H3/b13-9+. The molecule has 24 heavy (non-hydrogen) atoms. The second-order valence-corrected chi connectivity index (χ2v) is 6.61. The van der Waals surface area contributed by atoms with Crippen molar-refractivity contribution < 1.29 is 28.7 Å². The molecule has 1 saturated heterocycles. The monoisotopic (exact) mass is 339 g/mol. The highest BCUT2D eigenvalue weighted by atomic mass is 16.6. The largest absolute Gasteiger partial charge is 0.462 e. The second-order valence-electron chi connectivity index (χ2n) is 6.61. The smallest absolute Gasteiger partial charge is 0.410 e. The van der Waals surface area contributed by atoms with Gasteiger partial charge in [-0.1, -0.05) is 6.08 Å². The van der Waals surface area contributed by atoms with Crippen LogP contribution in [0, 0.1) is 5.92 Å². The van der Waals surface area contributed by atoms with E-state index in [1.165, 1.54) is 17.9 Å². The average Bonchev–Trinajstić information content (AvgIpc) is 2.44. The van der Waals surface area contributed by atoms with Crippen LogP contribution in [0.4, 0.5) is 4.79 Å². The van der Waals surface area contributed by atoms with E-state index >= 15 is 0 Å². The predicted molar refractivity (Wildman–Crippen MR) is 86.3 cm³/mol. The number of hydrogen-bond donors (Lipinski definition) is 0. The van der Waals surface area contributed by atoms with Crippen LogP contribution in [0.3, 0.4) is 0 Å². The third-order valence-corrected chi connectivity index (χ3v) is 3.35. The van der Waals surface area contributed by atoms with Crippen molar-refractivity contribution in [2.45, 2.75) is 46.6 Å². The SMILES string of the molecule is CCOC(=O)/C(=C/C1CN(C(=O)OC(C)(C)C)CCC1=O)C(C)=O. The number of Topliss-reactive ketones (excluding diaryl/α,β-unsaturated/α-hetero) is 2. The molecule has 7 heteroatoms. The molecule has 0 aliphatic carbocycles. The molecule has 1 rings (SSSR count). The summed E-state index contributed by atoms with van der Waals surface area (Å²) >= 11 is 0. The summed E-state index contributed by atoms with van der Waals surface area (Å²) in [6.45, 7) is 8.60. The van der Waals surface area contributed by atoms with Crippen LogP contribution in [0.5, 0.6) is 0 Å². The Bertz CT molecular complexity index is 558. The highest BCUT2D eigenvalue weighted by Gasteiger charge is 2.32. The molecule has 0 aromatic rings. The van der Waals surface area contributed by atoms with Gasteiger partial charge in [-0.25, -0.2) is 9.59 Å². The van der Waals surface area contributed by atoms with Crippen LogP contribution >= 0.6 is 0 Å². The van der Waals surface area contributed by atoms with Crippen molar-refractivity contribution in [1.29, 1.82) is 0 Å². The number of likely N-dealkylation sites (tertiary alicyclic amines) is 1. The molecule has 1 unspecified atom stereocenters. The van der Waals surface area contributed by atoms with Gasteiger partial charge in [0.25, 0.3) is 0 Å². The number of rotatable bonds is 4. The predicted octanol–water partition coefficient (Wildman–Crippen LogP) is 1.89. The number of piperidine rings is 1. The Labute approximate surface area is 142 Å². The minimum absolute atomic E-state index is 0.0733. The van der Waals surface area contributed by atoms with Gasteiger partial charge in [-0.2, -0.15) is 0 Å². The molecular formula is C17H25NO6. The minimum Gasteiger partial charge on any atom is -0.462 e. The van der Waals surface area contributed by atoms with E-state index in [4.69, 9.17) is 9.47 Å². The van der Waals surface area contributed by atoms with E-state index in [0.29, 0.717) is 0 Å². The summed E-state index contributed by atoms with van der Waals surface area (Å²) in [6, 6.07) is 0. The molecule has 1 aliphatic rings. The first kappa shape index (κ1) is 19.9. The normalized spacial score (nSPS) is 19.0. The van der Waals surface area contributed by atoms with Gasteiger partial charge in [0.1, 0.15) is 11.4 Å². The van der Waals surface area contributed by atoms with Gasteiger partial charge in [-0.05, 0) is 34.6 Å². The average molecular weight is 339 g/mol. The third-order valence-electron chi connectivity index (χ3n) is 3.35. The zero-order valence-electron chi connectivity index (χ0n) is 14.9. The molecule has 0 saturated carbocycles. The lowest BCUT2D eigenvalue weighted by atomic mass is 9.93. The molecule has 7 nitrogen and oxygen atoms in total. The van der Waals surface area contributed by atoms with E-state index in [0.717, 1.165) is 0 Å². The molecule has 0 radical (unpaired) electrons. The molecular weight excluding hydrogens is 314 g/mol. The van der Waals surface area contributed by atoms with Crippen LogP contribution in [0.1, 0.15) is 41.0 Å². The molecule has 1 aliphatic heterocycles. The van der Waals surface area contributed by atoms with E-state index in [1.807, 2.05) is 0 Å². The summed E-state index contributed by atoms with van der Waals surface area (Å²) in [5.41, 5.74) is -0.805. The number of amides is 1. The number of hydrogen-bond acceptors (Lipinski definition) is 6. The van der Waals surface area contributed by atoms with Gasteiger partial charge < -0.3 is 14.4 Å². The number of ketones is 2. The first-order valence-electron chi connectivity index (χ1n) is 7.95. The van der Waals surface area contributed by atoms with Gasteiger partial charge in [-0.15, -0.1) is 0 Å². The number of carbonyl (C=O) groups excluding carboxylic acids is 4. The molecule has 0 N–H and O–H groups in total. The van der Waals surface area contributed by atoms with Gasteiger partial charge in [0, 0.05) is 19.5 Å². The maximum absolute atomic E-state index is 12.1. The van der Waals surface area contributed by atoms with Gasteiger partial charge >= 0.3 is 12.1 Å². The molecule has 1 heterocycles. The Morgan fingerprint density at radius 1 is 1.29 bits per heavy atom. The first-order valence-corrected chi connectivity index (χ1v) is 7.95. The summed E-state index contributed by atoms with van der Waals surface area (Å²) in [5, 5.41) is 0. The molecule has 0 spiro atoms. The zero-order chi connectivity index (χ0) is 18.5. The van der Waals surface area contributed by atoms with Crippen molar-refractivity contribution in [3.63, 3.8) is 0 Å². The second kappa shape index (κ2) is 8.08. The lowest BCUT2D eigenvalue weighted by Gasteiger charge is -2.32. The van der Waals surface area contributed by atoms with Gasteiger partial charge in [0.15, 0.2) is 5.78 Å². The van der Waals surface area contributed by atoms with Crippen molar-refractivity contribution in [2.75, 3.05) is 19.7 Å². The Morgan fingerprint density at radius 2 is 1.92 bits per heavy atom. The quantitative estimate of drug-likeness (QED) is 0.336. The van der Waals surface area contributed by atoms with Gasteiger partial charge in [0.05, 0.1) is 18.1 Å². The van der Waals surface area contributed by atoms with Crippen LogP contribution < -0.4 is 0 Å².